The number of aryl methyl sites for hydroxylation is 1. The summed E-state index contributed by atoms with van der Waals surface area (Å²) in [4.78, 5) is 16.6. The zero-order chi connectivity index (χ0) is 11.6. The maximum Gasteiger partial charge on any atom is 0.168 e. The fraction of sp³-hybridized carbons (Fsp3) is 0.600. The normalized spacial score (nSPS) is 41.4. The Hall–Kier alpha value is -1.18. The van der Waals surface area contributed by atoms with Gasteiger partial charge in [-0.25, -0.2) is 0 Å². The van der Waals surface area contributed by atoms with Gasteiger partial charge in [0.1, 0.15) is 0 Å². The highest BCUT2D eigenvalue weighted by Crippen LogP contribution is 2.69. The molecule has 0 aliphatic heterocycles. The highest BCUT2D eigenvalue weighted by atomic mass is 16.1. The molecule has 0 amide bonds. The van der Waals surface area contributed by atoms with Crippen LogP contribution < -0.4 is 0 Å². The maximum absolute atomic E-state index is 12.5. The first kappa shape index (κ1) is 9.81. The van der Waals surface area contributed by atoms with Crippen molar-refractivity contribution in [1.29, 1.82) is 0 Å². The van der Waals surface area contributed by atoms with Gasteiger partial charge >= 0.3 is 0 Å². The van der Waals surface area contributed by atoms with E-state index in [1.54, 1.807) is 12.4 Å². The fourth-order valence-electron chi connectivity index (χ4n) is 4.58. The average Bonchev–Trinajstić information content (AvgIpc) is 2.77. The third-order valence-electron chi connectivity index (χ3n) is 5.34. The molecule has 2 heteroatoms. The molecule has 3 aliphatic rings. The summed E-state index contributed by atoms with van der Waals surface area (Å²) in [6, 6.07) is 1.94. The van der Waals surface area contributed by atoms with E-state index >= 15 is 0 Å². The first-order chi connectivity index (χ1) is 8.27. The Balaban J connectivity index is 1.62. The van der Waals surface area contributed by atoms with E-state index in [0.29, 0.717) is 11.7 Å². The van der Waals surface area contributed by atoms with Gasteiger partial charge in [-0.2, -0.15) is 0 Å². The molecule has 3 fully saturated rings. The standard InChI is InChI=1S/C15H17NO/c1-8-4-5-16-7-11(8)15(17)14-12-9-2-3-10(6-9)13(12)14/h4-5,7,9-10,12-14H,2-3,6H2,1H3. The molecule has 0 saturated heterocycles. The molecule has 4 rings (SSSR count). The zero-order valence-electron chi connectivity index (χ0n) is 10.1. The van der Waals surface area contributed by atoms with Crippen LogP contribution in [-0.2, 0) is 0 Å². The zero-order valence-corrected chi connectivity index (χ0v) is 10.1. The summed E-state index contributed by atoms with van der Waals surface area (Å²) in [7, 11) is 0. The first-order valence-electron chi connectivity index (χ1n) is 6.72. The van der Waals surface area contributed by atoms with Gasteiger partial charge in [0.05, 0.1) is 0 Å². The summed E-state index contributed by atoms with van der Waals surface area (Å²) in [5.74, 6) is 3.94. The number of rotatable bonds is 2. The maximum atomic E-state index is 12.5. The Morgan fingerprint density at radius 1 is 1.29 bits per heavy atom. The van der Waals surface area contributed by atoms with Crippen molar-refractivity contribution in [2.75, 3.05) is 0 Å². The molecule has 3 aliphatic carbocycles. The van der Waals surface area contributed by atoms with Gasteiger partial charge in [0.25, 0.3) is 0 Å². The molecule has 3 saturated carbocycles. The smallest absolute Gasteiger partial charge is 0.168 e. The summed E-state index contributed by atoms with van der Waals surface area (Å²) < 4.78 is 0. The molecular formula is C15H17NO. The molecule has 0 radical (unpaired) electrons. The first-order valence-corrected chi connectivity index (χ1v) is 6.72. The second-order valence-electron chi connectivity index (χ2n) is 6.07. The highest BCUT2D eigenvalue weighted by molar-refractivity contribution is 6.01. The molecular weight excluding hydrogens is 210 g/mol. The SMILES string of the molecule is Cc1ccncc1C(=O)C1C2C3CCC(C3)C12. The van der Waals surface area contributed by atoms with E-state index in [9.17, 15) is 4.79 Å². The van der Waals surface area contributed by atoms with Crippen LogP contribution in [-0.4, -0.2) is 10.8 Å². The van der Waals surface area contributed by atoms with Crippen LogP contribution in [0.3, 0.4) is 0 Å². The minimum absolute atomic E-state index is 0.351. The summed E-state index contributed by atoms with van der Waals surface area (Å²) >= 11 is 0. The molecule has 17 heavy (non-hydrogen) atoms. The van der Waals surface area contributed by atoms with E-state index in [1.807, 2.05) is 13.0 Å². The van der Waals surface area contributed by atoms with Gasteiger partial charge in [0, 0.05) is 23.9 Å². The molecule has 4 unspecified atom stereocenters. The Bertz CT molecular complexity index is 479. The number of aromatic nitrogens is 1. The molecule has 0 aromatic carbocycles. The summed E-state index contributed by atoms with van der Waals surface area (Å²) in [6.07, 6.45) is 7.69. The van der Waals surface area contributed by atoms with Crippen LogP contribution in [0, 0.1) is 36.5 Å². The molecule has 1 aromatic rings. The Morgan fingerprint density at radius 3 is 2.65 bits per heavy atom. The van der Waals surface area contributed by atoms with Gasteiger partial charge in [0.2, 0.25) is 0 Å². The summed E-state index contributed by atoms with van der Waals surface area (Å²) in [5.41, 5.74) is 1.95. The lowest BCUT2D eigenvalue weighted by atomic mass is 9.95. The lowest BCUT2D eigenvalue weighted by Crippen LogP contribution is -2.11. The van der Waals surface area contributed by atoms with Crippen molar-refractivity contribution in [1.82, 2.24) is 4.98 Å². The lowest BCUT2D eigenvalue weighted by molar-refractivity contribution is 0.0943. The molecule has 0 N–H and O–H groups in total. The van der Waals surface area contributed by atoms with Gasteiger partial charge in [-0.3, -0.25) is 9.78 Å². The van der Waals surface area contributed by atoms with Crippen LogP contribution in [0.5, 0.6) is 0 Å². The third kappa shape index (κ3) is 1.21. The number of Topliss-reactive ketones (excluding diaryl/α,β-unsaturated/α-hetero) is 1. The van der Waals surface area contributed by atoms with Gasteiger partial charge in [-0.05, 0) is 61.5 Å². The number of hydrogen-bond donors (Lipinski definition) is 0. The van der Waals surface area contributed by atoms with E-state index in [0.717, 1.165) is 34.8 Å². The third-order valence-corrected chi connectivity index (χ3v) is 5.34. The van der Waals surface area contributed by atoms with Crippen molar-refractivity contribution in [2.24, 2.45) is 29.6 Å². The molecule has 0 spiro atoms. The second kappa shape index (κ2) is 3.18. The summed E-state index contributed by atoms with van der Waals surface area (Å²) in [5, 5.41) is 0. The van der Waals surface area contributed by atoms with E-state index in [-0.39, 0.29) is 0 Å². The van der Waals surface area contributed by atoms with Crippen LogP contribution >= 0.6 is 0 Å². The Labute approximate surface area is 101 Å². The number of nitrogens with zero attached hydrogens (tertiary/aromatic N) is 1. The van der Waals surface area contributed by atoms with Gasteiger partial charge in [-0.15, -0.1) is 0 Å². The molecule has 2 nitrogen and oxygen atoms in total. The largest absolute Gasteiger partial charge is 0.294 e. The van der Waals surface area contributed by atoms with Gasteiger partial charge in [-0.1, -0.05) is 0 Å². The Morgan fingerprint density at radius 2 is 2.00 bits per heavy atom. The molecule has 4 atom stereocenters. The van der Waals surface area contributed by atoms with E-state index < -0.39 is 0 Å². The van der Waals surface area contributed by atoms with Crippen LogP contribution in [0.25, 0.3) is 0 Å². The van der Waals surface area contributed by atoms with Crippen molar-refractivity contribution in [3.05, 3.63) is 29.6 Å². The number of carbonyl (C=O) groups excluding carboxylic acids is 1. The fourth-order valence-corrected chi connectivity index (χ4v) is 4.58. The molecule has 1 heterocycles. The quantitative estimate of drug-likeness (QED) is 0.727. The number of hydrogen-bond acceptors (Lipinski definition) is 2. The number of pyridine rings is 1. The van der Waals surface area contributed by atoms with Gasteiger partial charge < -0.3 is 0 Å². The van der Waals surface area contributed by atoms with Crippen molar-refractivity contribution in [2.45, 2.75) is 26.2 Å². The van der Waals surface area contributed by atoms with E-state index in [4.69, 9.17) is 0 Å². The van der Waals surface area contributed by atoms with Crippen molar-refractivity contribution < 1.29 is 4.79 Å². The van der Waals surface area contributed by atoms with Crippen LogP contribution in [0.1, 0.15) is 35.2 Å². The number of carbonyl (C=O) groups is 1. The van der Waals surface area contributed by atoms with Crippen LogP contribution in [0.15, 0.2) is 18.5 Å². The predicted molar refractivity (Wildman–Crippen MR) is 64.6 cm³/mol. The highest BCUT2D eigenvalue weighted by Gasteiger charge is 2.67. The molecule has 88 valence electrons. The average molecular weight is 227 g/mol. The molecule has 2 bridgehead atoms. The Kier molecular flexibility index (Phi) is 1.84. The monoisotopic (exact) mass is 227 g/mol. The van der Waals surface area contributed by atoms with Crippen molar-refractivity contribution >= 4 is 5.78 Å². The van der Waals surface area contributed by atoms with Crippen molar-refractivity contribution in [3.8, 4) is 0 Å². The summed E-state index contributed by atoms with van der Waals surface area (Å²) in [6.45, 7) is 2.02. The number of fused-ring (bicyclic) bond motifs is 5. The van der Waals surface area contributed by atoms with Gasteiger partial charge in [0.15, 0.2) is 5.78 Å². The number of ketones is 1. The predicted octanol–water partition coefficient (Wildman–Crippen LogP) is 2.86. The van der Waals surface area contributed by atoms with E-state index in [1.165, 1.54) is 19.3 Å². The minimum atomic E-state index is 0.351. The van der Waals surface area contributed by atoms with E-state index in [2.05, 4.69) is 4.98 Å². The topological polar surface area (TPSA) is 30.0 Å². The minimum Gasteiger partial charge on any atom is -0.294 e. The van der Waals surface area contributed by atoms with Crippen molar-refractivity contribution in [3.63, 3.8) is 0 Å². The van der Waals surface area contributed by atoms with Crippen LogP contribution in [0.4, 0.5) is 0 Å². The second-order valence-corrected chi connectivity index (χ2v) is 6.07. The molecule has 1 aromatic heterocycles. The lowest BCUT2D eigenvalue weighted by Gasteiger charge is -2.09. The van der Waals surface area contributed by atoms with Crippen LogP contribution in [0.2, 0.25) is 0 Å².